The smallest absolute Gasteiger partial charge is 0.0528 e. The maximum absolute atomic E-state index is 4.99. The van der Waals surface area contributed by atoms with E-state index in [1.807, 2.05) is 13.8 Å². The van der Waals surface area contributed by atoms with Crippen molar-refractivity contribution in [1.82, 2.24) is 5.32 Å². The lowest BCUT2D eigenvalue weighted by molar-refractivity contribution is -0.0304. The average molecular weight is 145 g/mol. The summed E-state index contributed by atoms with van der Waals surface area (Å²) in [5.74, 6) is 0.801. The molecule has 0 radical (unpaired) electrons. The molecule has 0 saturated carbocycles. The van der Waals surface area contributed by atoms with Crippen molar-refractivity contribution in [3.05, 3.63) is 0 Å². The van der Waals surface area contributed by atoms with Crippen LogP contribution in [-0.2, 0) is 4.74 Å². The third-order valence-electron chi connectivity index (χ3n) is 1.39. The van der Waals surface area contributed by atoms with Gasteiger partial charge < -0.3 is 10.1 Å². The Kier molecular flexibility index (Phi) is 6.98. The van der Waals surface area contributed by atoms with Crippen LogP contribution in [0.5, 0.6) is 0 Å². The maximum atomic E-state index is 4.99. The molecule has 0 spiro atoms. The predicted octanol–water partition coefficient (Wildman–Crippen LogP) is 1.27. The third kappa shape index (κ3) is 3.85. The van der Waals surface area contributed by atoms with Gasteiger partial charge in [0, 0.05) is 12.5 Å². The molecular weight excluding hydrogens is 126 g/mol. The van der Waals surface area contributed by atoms with Gasteiger partial charge in [0.05, 0.1) is 13.2 Å². The molecule has 0 aromatic heterocycles. The van der Waals surface area contributed by atoms with Gasteiger partial charge in [0.15, 0.2) is 0 Å². The molecule has 1 aliphatic rings. The Balaban J connectivity index is 0.000000371. The van der Waals surface area contributed by atoms with Gasteiger partial charge in [-0.15, -0.1) is 0 Å². The van der Waals surface area contributed by atoms with E-state index in [0.717, 1.165) is 32.2 Å². The van der Waals surface area contributed by atoms with Crippen LogP contribution < -0.4 is 5.32 Å². The Hall–Kier alpha value is -0.0800. The summed E-state index contributed by atoms with van der Waals surface area (Å²) >= 11 is 0. The van der Waals surface area contributed by atoms with Crippen LogP contribution in [0.2, 0.25) is 0 Å². The van der Waals surface area contributed by atoms with E-state index in [4.69, 9.17) is 4.74 Å². The first kappa shape index (κ1) is 9.92. The van der Waals surface area contributed by atoms with Crippen LogP contribution >= 0.6 is 0 Å². The topological polar surface area (TPSA) is 21.3 Å². The third-order valence-corrected chi connectivity index (χ3v) is 1.39. The fourth-order valence-electron chi connectivity index (χ4n) is 0.751. The Morgan fingerprint density at radius 2 is 2.00 bits per heavy atom. The van der Waals surface area contributed by atoms with E-state index in [0.29, 0.717) is 0 Å². The number of hydrogen-bond donors (Lipinski definition) is 1. The molecule has 1 heterocycles. The van der Waals surface area contributed by atoms with E-state index in [1.54, 1.807) is 0 Å². The van der Waals surface area contributed by atoms with E-state index >= 15 is 0 Å². The highest BCUT2D eigenvalue weighted by atomic mass is 16.5. The highest BCUT2D eigenvalue weighted by Crippen LogP contribution is 2.06. The van der Waals surface area contributed by atoms with Crippen molar-refractivity contribution >= 4 is 0 Å². The van der Waals surface area contributed by atoms with Gasteiger partial charge in [0.2, 0.25) is 0 Å². The van der Waals surface area contributed by atoms with Crippen LogP contribution in [0.4, 0.5) is 0 Å². The highest BCUT2D eigenvalue weighted by molar-refractivity contribution is 4.66. The summed E-state index contributed by atoms with van der Waals surface area (Å²) in [7, 11) is 0. The second-order valence-corrected chi connectivity index (χ2v) is 2.21. The van der Waals surface area contributed by atoms with Crippen molar-refractivity contribution in [2.24, 2.45) is 5.92 Å². The molecule has 2 heteroatoms. The zero-order chi connectivity index (χ0) is 7.82. The SMILES string of the molecule is CC.CCNCC1COC1. The lowest BCUT2D eigenvalue weighted by atomic mass is 10.1. The number of nitrogens with one attached hydrogen (secondary N) is 1. The van der Waals surface area contributed by atoms with Gasteiger partial charge in [-0.25, -0.2) is 0 Å². The minimum atomic E-state index is 0.801. The lowest BCUT2D eigenvalue weighted by Gasteiger charge is -2.25. The quantitative estimate of drug-likeness (QED) is 0.645. The van der Waals surface area contributed by atoms with Crippen molar-refractivity contribution in [2.45, 2.75) is 20.8 Å². The molecule has 62 valence electrons. The van der Waals surface area contributed by atoms with Crippen molar-refractivity contribution in [2.75, 3.05) is 26.3 Å². The van der Waals surface area contributed by atoms with Gasteiger partial charge in [-0.3, -0.25) is 0 Å². The van der Waals surface area contributed by atoms with Crippen LogP contribution in [0.1, 0.15) is 20.8 Å². The van der Waals surface area contributed by atoms with Crippen LogP contribution in [0.15, 0.2) is 0 Å². The Morgan fingerprint density at radius 3 is 2.30 bits per heavy atom. The largest absolute Gasteiger partial charge is 0.381 e. The van der Waals surface area contributed by atoms with Gasteiger partial charge >= 0.3 is 0 Å². The first-order chi connectivity index (χ1) is 4.93. The molecular formula is C8H19NO. The molecule has 0 aliphatic carbocycles. The molecule has 1 rings (SSSR count). The molecule has 1 aliphatic heterocycles. The first-order valence-electron chi connectivity index (χ1n) is 4.22. The zero-order valence-electron chi connectivity index (χ0n) is 7.31. The zero-order valence-corrected chi connectivity index (χ0v) is 7.31. The Bertz CT molecular complexity index is 62.3. The molecule has 0 bridgehead atoms. The molecule has 0 unspecified atom stereocenters. The lowest BCUT2D eigenvalue weighted by Crippen LogP contribution is -2.36. The summed E-state index contributed by atoms with van der Waals surface area (Å²) < 4.78 is 4.99. The maximum Gasteiger partial charge on any atom is 0.0528 e. The number of ether oxygens (including phenoxy) is 1. The van der Waals surface area contributed by atoms with E-state index in [2.05, 4.69) is 12.2 Å². The average Bonchev–Trinajstić information content (AvgIpc) is 1.90. The normalized spacial score (nSPS) is 17.1. The summed E-state index contributed by atoms with van der Waals surface area (Å²) in [6, 6.07) is 0. The molecule has 0 aromatic carbocycles. The van der Waals surface area contributed by atoms with E-state index in [1.165, 1.54) is 0 Å². The van der Waals surface area contributed by atoms with E-state index < -0.39 is 0 Å². The van der Waals surface area contributed by atoms with E-state index in [9.17, 15) is 0 Å². The molecule has 0 amide bonds. The standard InChI is InChI=1S/C6H13NO.C2H6/c1-2-7-3-6-4-8-5-6;1-2/h6-7H,2-5H2,1H3;1-2H3. The van der Waals surface area contributed by atoms with Crippen LogP contribution in [-0.4, -0.2) is 26.3 Å². The minimum Gasteiger partial charge on any atom is -0.381 e. The summed E-state index contributed by atoms with van der Waals surface area (Å²) in [4.78, 5) is 0. The fraction of sp³-hybridized carbons (Fsp3) is 1.00. The van der Waals surface area contributed by atoms with Gasteiger partial charge in [0.1, 0.15) is 0 Å². The van der Waals surface area contributed by atoms with Gasteiger partial charge in [-0.05, 0) is 6.54 Å². The van der Waals surface area contributed by atoms with Crippen molar-refractivity contribution < 1.29 is 4.74 Å². The Labute approximate surface area is 64.0 Å². The fourth-order valence-corrected chi connectivity index (χ4v) is 0.751. The summed E-state index contributed by atoms with van der Waals surface area (Å²) in [6.07, 6.45) is 0. The second kappa shape index (κ2) is 7.03. The van der Waals surface area contributed by atoms with Gasteiger partial charge in [-0.2, -0.15) is 0 Å². The molecule has 0 atom stereocenters. The van der Waals surface area contributed by atoms with Crippen molar-refractivity contribution in [3.8, 4) is 0 Å². The summed E-state index contributed by atoms with van der Waals surface area (Å²) in [5, 5.41) is 3.27. The van der Waals surface area contributed by atoms with Crippen LogP contribution in [0, 0.1) is 5.92 Å². The molecule has 2 nitrogen and oxygen atoms in total. The monoisotopic (exact) mass is 145 g/mol. The number of rotatable bonds is 3. The first-order valence-corrected chi connectivity index (χ1v) is 4.22. The van der Waals surface area contributed by atoms with E-state index in [-0.39, 0.29) is 0 Å². The van der Waals surface area contributed by atoms with Gasteiger partial charge in [-0.1, -0.05) is 20.8 Å². The Morgan fingerprint density at radius 1 is 1.40 bits per heavy atom. The van der Waals surface area contributed by atoms with Crippen LogP contribution in [0.25, 0.3) is 0 Å². The highest BCUT2D eigenvalue weighted by Gasteiger charge is 2.16. The number of hydrogen-bond acceptors (Lipinski definition) is 2. The minimum absolute atomic E-state index is 0.801. The molecule has 10 heavy (non-hydrogen) atoms. The van der Waals surface area contributed by atoms with Crippen LogP contribution in [0.3, 0.4) is 0 Å². The molecule has 1 fully saturated rings. The summed E-state index contributed by atoms with van der Waals surface area (Å²) in [6.45, 7) is 10.3. The molecule has 1 saturated heterocycles. The molecule has 1 N–H and O–H groups in total. The summed E-state index contributed by atoms with van der Waals surface area (Å²) in [5.41, 5.74) is 0. The van der Waals surface area contributed by atoms with Gasteiger partial charge in [0.25, 0.3) is 0 Å². The predicted molar refractivity (Wildman–Crippen MR) is 44.2 cm³/mol. The second-order valence-electron chi connectivity index (χ2n) is 2.21. The van der Waals surface area contributed by atoms with Crippen molar-refractivity contribution in [3.63, 3.8) is 0 Å². The van der Waals surface area contributed by atoms with Crippen molar-refractivity contribution in [1.29, 1.82) is 0 Å². The molecule has 0 aromatic rings.